The molecule has 0 rings (SSSR count). The average Bonchev–Trinajstić information content (AvgIpc) is 0. The van der Waals surface area contributed by atoms with E-state index in [4.69, 9.17) is 0 Å². The first kappa shape index (κ1) is 199. The fraction of sp³-hybridized carbons (Fsp3) is 0. The molecule has 0 N–H and O–H groups in total. The van der Waals surface area contributed by atoms with E-state index in [2.05, 4.69) is 0 Å². The third-order valence-corrected chi connectivity index (χ3v) is 0. The summed E-state index contributed by atoms with van der Waals surface area (Å²) < 4.78 is 0. The van der Waals surface area contributed by atoms with E-state index in [1.807, 2.05) is 0 Å². The van der Waals surface area contributed by atoms with Crippen LogP contribution in [-0.4, -0.2) is 310 Å². The number of hydrogen-bond donors (Lipinski definition) is 0. The third kappa shape index (κ3) is 172. The SMILES string of the molecule is Br.Br.Br.Br.Cl.Cl.Cl.I.I.I.[BaH2].[BaH2].[BeH2].[BeH2].[BeH2].[CaH2].[CaH2].[CaH2].[MgH2].[MgH2].[MgH2]. The van der Waals surface area contributed by atoms with Crippen molar-refractivity contribution in [2.45, 2.75) is 0 Å². The molecule has 0 aliphatic carbocycles. The molecule has 0 saturated carbocycles. The van der Waals surface area contributed by atoms with Gasteiger partial charge in [0, 0.05) is 0 Å². The molecular formula is H32Ba2Be3Br4Ca3Cl3I3Mg3. The van der Waals surface area contributed by atoms with Crippen LogP contribution in [0.4, 0.5) is 0 Å². The van der Waals surface area contributed by atoms with Gasteiger partial charge in [-0.25, -0.2) is 0 Å². The Kier molecular flexibility index (Phi) is 1730. The van der Waals surface area contributed by atoms with Crippen molar-refractivity contribution in [3.8, 4) is 0 Å². The van der Waals surface area contributed by atoms with Crippen molar-refractivity contribution in [2.75, 3.05) is 0 Å². The average molecular weight is 1330 g/mol. The van der Waals surface area contributed by atoms with Crippen LogP contribution < -0.4 is 0 Å². The van der Waals surface area contributed by atoms with Gasteiger partial charge >= 0.3 is 310 Å². The van der Waals surface area contributed by atoms with Gasteiger partial charge in [-0.3, -0.25) is 0 Å². The van der Waals surface area contributed by atoms with Crippen molar-refractivity contribution in [3.63, 3.8) is 0 Å². The van der Waals surface area contributed by atoms with E-state index in [0.717, 1.165) is 0 Å². The molecular weight excluding hydrogens is 1300 g/mol. The molecule has 0 aromatic heterocycles. The second-order valence-electron chi connectivity index (χ2n) is 0. The fourth-order valence-corrected chi connectivity index (χ4v) is 0. The van der Waals surface area contributed by atoms with Gasteiger partial charge in [0.15, 0.2) is 0 Å². The van der Waals surface area contributed by atoms with Crippen LogP contribution in [-0.2, 0) is 0 Å². The second kappa shape index (κ2) is 182. The maximum Gasteiger partial charge on any atom is 0.316 e. The predicted molar refractivity (Wildman–Crippen MR) is 203 cm³/mol. The molecule has 0 amide bonds. The Morgan fingerprint density at radius 3 is 0.333 bits per heavy atom. The van der Waals surface area contributed by atoms with Gasteiger partial charge < -0.3 is 0 Å². The molecule has 0 saturated heterocycles. The van der Waals surface area contributed by atoms with Gasteiger partial charge in [0.1, 0.15) is 0 Å². The topological polar surface area (TPSA) is 0 Å². The molecule has 0 unspecified atom stereocenters. The summed E-state index contributed by atoms with van der Waals surface area (Å²) in [6.07, 6.45) is 0. The van der Waals surface area contributed by atoms with Crippen molar-refractivity contribution in [1.82, 2.24) is 0 Å². The summed E-state index contributed by atoms with van der Waals surface area (Å²) in [5, 5.41) is 0. The molecule has 0 aliphatic heterocycles. The van der Waals surface area contributed by atoms with Gasteiger partial charge in [0.2, 0.25) is 0 Å². The number of hydrogen-bond acceptors (Lipinski definition) is 0. The Bertz CT molecular complexity index is 58.5. The van der Waals surface area contributed by atoms with Gasteiger partial charge in [-0.05, 0) is 0 Å². The molecule has 0 atom stereocenters. The van der Waals surface area contributed by atoms with Crippen LogP contribution in [0.5, 0.6) is 0 Å². The Hall–Kier alpha value is 14.7. The number of halogens is 10. The summed E-state index contributed by atoms with van der Waals surface area (Å²) in [7, 11) is 0. The second-order valence-corrected chi connectivity index (χ2v) is 0. The van der Waals surface area contributed by atoms with E-state index < -0.39 is 0 Å². The van der Waals surface area contributed by atoms with E-state index >= 15 is 0 Å². The largest absolute Gasteiger partial charge is 0.316 e. The minimum absolute atomic E-state index is 0. The number of rotatable bonds is 0. The molecule has 0 fully saturated rings. The molecule has 21 heavy (non-hydrogen) atoms. The molecule has 21 heteroatoms. The molecule has 0 bridgehead atoms. The Balaban J connectivity index is 0. The van der Waals surface area contributed by atoms with Gasteiger partial charge in [-0.1, -0.05) is 0 Å². The molecule has 0 nitrogen and oxygen atoms in total. The Morgan fingerprint density at radius 1 is 0.333 bits per heavy atom. The van der Waals surface area contributed by atoms with E-state index in [1.54, 1.807) is 0 Å². The minimum atomic E-state index is 0. The third-order valence-electron chi connectivity index (χ3n) is 0. The first-order valence-corrected chi connectivity index (χ1v) is 0. The molecule has 0 aromatic rings. The molecule has 0 radical (unpaired) electrons. The summed E-state index contributed by atoms with van der Waals surface area (Å²) in [4.78, 5) is 0. The molecule has 0 heterocycles. The summed E-state index contributed by atoms with van der Waals surface area (Å²) in [6.45, 7) is 0. The summed E-state index contributed by atoms with van der Waals surface area (Å²) >= 11 is 0. The van der Waals surface area contributed by atoms with Gasteiger partial charge in [-0.15, -0.1) is 177 Å². The fourth-order valence-electron chi connectivity index (χ4n) is 0. The monoisotopic (exact) mass is 1330 g/mol. The first-order valence-electron chi connectivity index (χ1n) is 0. The zero-order valence-corrected chi connectivity index (χ0v) is 20.4. The molecule has 0 spiro atoms. The smallest absolute Gasteiger partial charge is 0.316 e. The van der Waals surface area contributed by atoms with Crippen LogP contribution in [0.3, 0.4) is 0 Å². The van der Waals surface area contributed by atoms with Gasteiger partial charge in [0.25, 0.3) is 0 Å². The predicted octanol–water partition coefficient (Wildman–Crippen LogP) is -4.65. The molecule has 124 valence electrons. The van der Waals surface area contributed by atoms with Crippen LogP contribution in [0.15, 0.2) is 0 Å². The van der Waals surface area contributed by atoms with Crippen LogP contribution >= 0.6 is 177 Å². The van der Waals surface area contributed by atoms with Crippen molar-refractivity contribution in [1.29, 1.82) is 0 Å². The Labute approximate surface area is 472 Å². The van der Waals surface area contributed by atoms with Gasteiger partial charge in [-0.2, -0.15) is 0 Å². The first-order chi connectivity index (χ1) is 0. The normalized spacial score (nSPS) is 0. The van der Waals surface area contributed by atoms with Crippen LogP contribution in [0.2, 0.25) is 0 Å². The summed E-state index contributed by atoms with van der Waals surface area (Å²) in [6, 6.07) is 0. The maximum absolute atomic E-state index is 0. The molecule has 0 aromatic carbocycles. The van der Waals surface area contributed by atoms with E-state index in [9.17, 15) is 0 Å². The van der Waals surface area contributed by atoms with Crippen molar-refractivity contribution in [3.05, 3.63) is 0 Å². The zero-order valence-electron chi connectivity index (χ0n) is 4.08. The summed E-state index contributed by atoms with van der Waals surface area (Å²) in [5.41, 5.74) is 0. The van der Waals surface area contributed by atoms with Gasteiger partial charge in [0.05, 0.1) is 0 Å². The van der Waals surface area contributed by atoms with E-state index in [-0.39, 0.29) is 488 Å². The van der Waals surface area contributed by atoms with Crippen molar-refractivity contribution < 1.29 is 0 Å². The van der Waals surface area contributed by atoms with Crippen LogP contribution in [0, 0.1) is 0 Å². The van der Waals surface area contributed by atoms with Crippen molar-refractivity contribution >= 4 is 488 Å². The minimum Gasteiger partial charge on any atom is 0.316 e. The van der Waals surface area contributed by atoms with Crippen LogP contribution in [0.1, 0.15) is 0 Å². The van der Waals surface area contributed by atoms with E-state index in [0.29, 0.717) is 0 Å². The van der Waals surface area contributed by atoms with Crippen molar-refractivity contribution in [2.24, 2.45) is 0 Å². The molecule has 0 aliphatic rings. The standard InChI is InChI=1S/2Ba.3Be.4BrH.3Ca.3ClH.3HI.3Mg.22H/h;;;;;4*1H;;;;6*1H;;;;;;;;;;;;;;;;;;;;;;;;;. The van der Waals surface area contributed by atoms with E-state index in [1.165, 1.54) is 0 Å². The summed E-state index contributed by atoms with van der Waals surface area (Å²) in [5.74, 6) is 0. The maximum atomic E-state index is 0. The quantitative estimate of drug-likeness (QED) is 0.170. The Morgan fingerprint density at radius 2 is 0.333 bits per heavy atom. The zero-order chi connectivity index (χ0) is 0. The van der Waals surface area contributed by atoms with Crippen LogP contribution in [0.25, 0.3) is 0 Å².